The summed E-state index contributed by atoms with van der Waals surface area (Å²) in [5.41, 5.74) is 3.47. The van der Waals surface area contributed by atoms with Crippen LogP contribution in [0, 0.1) is 17.1 Å². The Morgan fingerprint density at radius 2 is 2.17 bits per heavy atom. The first-order valence-corrected chi connectivity index (χ1v) is 11.6. The molecule has 1 aliphatic rings. The van der Waals surface area contributed by atoms with Crippen molar-refractivity contribution in [3.05, 3.63) is 81.6 Å². The van der Waals surface area contributed by atoms with Crippen molar-refractivity contribution in [3.8, 4) is 6.07 Å². The molecular formula is C23H16BrFN8O2. The number of aromatic nitrogens is 6. The number of hydrogen-bond acceptors (Lipinski definition) is 7. The molecule has 5 aromatic rings. The lowest BCUT2D eigenvalue weighted by atomic mass is 10.1. The molecule has 1 amide bonds. The summed E-state index contributed by atoms with van der Waals surface area (Å²) in [6, 6.07) is 5.68. The lowest BCUT2D eigenvalue weighted by Crippen LogP contribution is -2.23. The number of nitriles is 1. The SMILES string of the molecule is N#Cc1cc(C2CC2)cn2cc(Cc3nnc(C(=O)NCc4ncn5ccc(Br)c(F)c45)o3)nc12. The van der Waals surface area contributed by atoms with Gasteiger partial charge < -0.3 is 18.5 Å². The summed E-state index contributed by atoms with van der Waals surface area (Å²) in [6.45, 7) is -0.0207. The molecule has 10 nitrogen and oxygen atoms in total. The van der Waals surface area contributed by atoms with E-state index in [1.165, 1.54) is 10.7 Å². The predicted octanol–water partition coefficient (Wildman–Crippen LogP) is 3.54. The van der Waals surface area contributed by atoms with Gasteiger partial charge in [0.2, 0.25) is 5.89 Å². The molecule has 0 aromatic carbocycles. The Labute approximate surface area is 205 Å². The zero-order valence-electron chi connectivity index (χ0n) is 18.1. The minimum absolute atomic E-state index is 0.0207. The molecule has 0 saturated heterocycles. The number of amides is 1. The molecule has 6 rings (SSSR count). The second kappa shape index (κ2) is 8.28. The van der Waals surface area contributed by atoms with Crippen LogP contribution in [0.15, 0.2) is 45.9 Å². The van der Waals surface area contributed by atoms with Gasteiger partial charge in [-0.1, -0.05) is 0 Å². The van der Waals surface area contributed by atoms with Gasteiger partial charge in [0, 0.05) is 18.6 Å². The number of imidazole rings is 2. The topological polar surface area (TPSA) is 126 Å². The lowest BCUT2D eigenvalue weighted by molar-refractivity contribution is 0.0914. The number of carbonyl (C=O) groups is 1. The normalized spacial score (nSPS) is 13.4. The number of halogens is 2. The summed E-state index contributed by atoms with van der Waals surface area (Å²) < 4.78 is 23.7. The van der Waals surface area contributed by atoms with Gasteiger partial charge in [-0.3, -0.25) is 4.79 Å². The molecule has 5 heterocycles. The molecule has 0 spiro atoms. The Hall–Kier alpha value is -4.11. The highest BCUT2D eigenvalue weighted by molar-refractivity contribution is 9.10. The monoisotopic (exact) mass is 534 g/mol. The minimum Gasteiger partial charge on any atom is -0.416 e. The van der Waals surface area contributed by atoms with Gasteiger partial charge >= 0.3 is 11.8 Å². The fourth-order valence-corrected chi connectivity index (χ4v) is 4.31. The maximum Gasteiger partial charge on any atom is 0.309 e. The van der Waals surface area contributed by atoms with Crippen LogP contribution in [0.5, 0.6) is 0 Å². The van der Waals surface area contributed by atoms with Gasteiger partial charge in [0.1, 0.15) is 11.6 Å². The quantitative estimate of drug-likeness (QED) is 0.353. The minimum atomic E-state index is -0.601. The molecule has 12 heteroatoms. The fraction of sp³-hybridized carbons (Fsp3) is 0.217. The fourth-order valence-electron chi connectivity index (χ4n) is 4.00. The van der Waals surface area contributed by atoms with Gasteiger partial charge in [0.05, 0.1) is 40.7 Å². The molecule has 5 aromatic heterocycles. The van der Waals surface area contributed by atoms with Crippen LogP contribution in [0.1, 0.15) is 57.9 Å². The van der Waals surface area contributed by atoms with Crippen LogP contribution >= 0.6 is 15.9 Å². The Bertz CT molecular complexity index is 1660. The standard InChI is InChI=1S/C23H16BrFN8O2/c24-16-3-4-32-11-28-17(20(32)19(16)25)8-27-22(34)23-31-30-18(35-23)6-15-10-33-9-14(12-1-2-12)5-13(7-26)21(33)29-15/h3-5,9-12H,1-2,6,8H2,(H,27,34). The summed E-state index contributed by atoms with van der Waals surface area (Å²) in [6.07, 6.45) is 9.42. The first-order chi connectivity index (χ1) is 17.0. The Morgan fingerprint density at radius 1 is 1.31 bits per heavy atom. The number of pyridine rings is 2. The van der Waals surface area contributed by atoms with Crippen LogP contribution in [-0.2, 0) is 13.0 Å². The molecule has 0 radical (unpaired) electrons. The third kappa shape index (κ3) is 3.93. The van der Waals surface area contributed by atoms with Gasteiger partial charge in [-0.2, -0.15) is 5.26 Å². The molecule has 1 aliphatic carbocycles. The maximum atomic E-state index is 14.5. The largest absolute Gasteiger partial charge is 0.416 e. The van der Waals surface area contributed by atoms with Crippen molar-refractivity contribution in [1.82, 2.24) is 34.3 Å². The van der Waals surface area contributed by atoms with E-state index in [1.807, 2.05) is 22.9 Å². The number of hydrogen-bond donors (Lipinski definition) is 1. The van der Waals surface area contributed by atoms with E-state index in [0.717, 1.165) is 18.4 Å². The first kappa shape index (κ1) is 21.4. The maximum absolute atomic E-state index is 14.5. The van der Waals surface area contributed by atoms with Crippen molar-refractivity contribution >= 4 is 33.0 Å². The molecule has 0 aliphatic heterocycles. The van der Waals surface area contributed by atoms with Crippen LogP contribution in [0.3, 0.4) is 0 Å². The van der Waals surface area contributed by atoms with E-state index in [1.54, 1.807) is 12.3 Å². The van der Waals surface area contributed by atoms with E-state index in [2.05, 4.69) is 47.5 Å². The average Bonchev–Trinajstić information content (AvgIpc) is 3.26. The number of nitrogens with zero attached hydrogens (tertiary/aromatic N) is 7. The summed E-state index contributed by atoms with van der Waals surface area (Å²) in [7, 11) is 0. The Kier molecular flexibility index (Phi) is 5.07. The third-order valence-electron chi connectivity index (χ3n) is 5.87. The van der Waals surface area contributed by atoms with Gasteiger partial charge in [0.15, 0.2) is 11.5 Å². The number of nitrogens with one attached hydrogen (secondary N) is 1. The van der Waals surface area contributed by atoms with Crippen LogP contribution in [0.4, 0.5) is 4.39 Å². The molecule has 1 fully saturated rings. The molecule has 0 atom stereocenters. The number of carbonyl (C=O) groups excluding carboxylic acids is 1. The van der Waals surface area contributed by atoms with E-state index in [9.17, 15) is 14.4 Å². The van der Waals surface area contributed by atoms with Crippen molar-refractivity contribution in [2.24, 2.45) is 0 Å². The van der Waals surface area contributed by atoms with Gasteiger partial charge in [0.25, 0.3) is 0 Å². The summed E-state index contributed by atoms with van der Waals surface area (Å²) >= 11 is 3.15. The molecule has 174 valence electrons. The van der Waals surface area contributed by atoms with E-state index in [-0.39, 0.29) is 30.3 Å². The molecule has 1 saturated carbocycles. The van der Waals surface area contributed by atoms with E-state index in [4.69, 9.17) is 4.42 Å². The van der Waals surface area contributed by atoms with Gasteiger partial charge in [-0.25, -0.2) is 14.4 Å². The van der Waals surface area contributed by atoms with E-state index >= 15 is 0 Å². The van der Waals surface area contributed by atoms with Crippen molar-refractivity contribution in [2.75, 3.05) is 0 Å². The predicted molar refractivity (Wildman–Crippen MR) is 123 cm³/mol. The average molecular weight is 535 g/mol. The molecule has 35 heavy (non-hydrogen) atoms. The lowest BCUT2D eigenvalue weighted by Gasteiger charge is -2.03. The first-order valence-electron chi connectivity index (χ1n) is 10.8. The number of fused-ring (bicyclic) bond motifs is 2. The Balaban J connectivity index is 1.17. The molecule has 0 unspecified atom stereocenters. The van der Waals surface area contributed by atoms with Gasteiger partial charge in [-0.15, -0.1) is 10.2 Å². The molecular weight excluding hydrogens is 519 g/mol. The second-order valence-corrected chi connectivity index (χ2v) is 9.18. The highest BCUT2D eigenvalue weighted by Gasteiger charge is 2.25. The van der Waals surface area contributed by atoms with E-state index in [0.29, 0.717) is 33.0 Å². The van der Waals surface area contributed by atoms with Crippen LogP contribution in [0.2, 0.25) is 0 Å². The highest BCUT2D eigenvalue weighted by Crippen LogP contribution is 2.40. The number of rotatable bonds is 6. The van der Waals surface area contributed by atoms with Gasteiger partial charge in [-0.05, 0) is 52.4 Å². The third-order valence-corrected chi connectivity index (χ3v) is 6.48. The zero-order valence-corrected chi connectivity index (χ0v) is 19.7. The second-order valence-electron chi connectivity index (χ2n) is 8.32. The molecule has 0 bridgehead atoms. The summed E-state index contributed by atoms with van der Waals surface area (Å²) in [4.78, 5) is 21.2. The van der Waals surface area contributed by atoms with Crippen LogP contribution in [-0.4, -0.2) is 34.9 Å². The zero-order chi connectivity index (χ0) is 24.1. The summed E-state index contributed by atoms with van der Waals surface area (Å²) in [5.74, 6) is -0.571. The van der Waals surface area contributed by atoms with Crippen LogP contribution in [0.25, 0.3) is 11.2 Å². The van der Waals surface area contributed by atoms with E-state index < -0.39 is 11.7 Å². The van der Waals surface area contributed by atoms with Crippen molar-refractivity contribution in [2.45, 2.75) is 31.7 Å². The highest BCUT2D eigenvalue weighted by atomic mass is 79.9. The van der Waals surface area contributed by atoms with Crippen LogP contribution < -0.4 is 5.32 Å². The smallest absolute Gasteiger partial charge is 0.309 e. The van der Waals surface area contributed by atoms with Crippen molar-refractivity contribution < 1.29 is 13.6 Å². The molecule has 1 N–H and O–H groups in total. The van der Waals surface area contributed by atoms with Crippen molar-refractivity contribution in [3.63, 3.8) is 0 Å². The van der Waals surface area contributed by atoms with Crippen molar-refractivity contribution in [1.29, 1.82) is 5.26 Å². The Morgan fingerprint density at radius 3 is 2.97 bits per heavy atom. The summed E-state index contributed by atoms with van der Waals surface area (Å²) in [5, 5.41) is 19.9.